The number of halogens is 4. The molecular formula is C54H79F4N11O7S4. The zero-order chi connectivity index (χ0) is 55.8. The summed E-state index contributed by atoms with van der Waals surface area (Å²) in [4.78, 5) is 84.2. The second-order valence-electron chi connectivity index (χ2n) is 22.1. The average molecular weight is 1200 g/mol. The number of aromatic nitrogens is 5. The lowest BCUT2D eigenvalue weighted by Gasteiger charge is -2.40. The smallest absolute Gasteiger partial charge is 0.406 e. The number of ether oxygens (including phenoxy) is 2. The summed E-state index contributed by atoms with van der Waals surface area (Å²) in [7, 11) is 8.14. The number of carbonyl (C=O) groups is 5. The summed E-state index contributed by atoms with van der Waals surface area (Å²) in [5, 5.41) is 9.21. The zero-order valence-electron chi connectivity index (χ0n) is 47.5. The van der Waals surface area contributed by atoms with Crippen LogP contribution in [0.25, 0.3) is 33.5 Å². The number of cyclic esters (lactones) is 1. The predicted octanol–water partition coefficient (Wildman–Crippen LogP) is 6.03. The number of likely N-dealkylation sites (N-methyl/N-ethyl adjacent to an activating group) is 1. The fraction of sp³-hybridized carbons (Fsp3) is 0.593. The van der Waals surface area contributed by atoms with Crippen LogP contribution in [0, 0.1) is 23.2 Å². The van der Waals surface area contributed by atoms with Gasteiger partial charge in [0.15, 0.2) is 17.3 Å². The van der Waals surface area contributed by atoms with E-state index < -0.39 is 89.1 Å². The highest BCUT2D eigenvalue weighted by atomic mass is 32.1. The molecule has 6 bridgehead atoms. The first-order valence-electron chi connectivity index (χ1n) is 25.6. The fourth-order valence-corrected chi connectivity index (χ4v) is 10.1. The molecule has 2 saturated heterocycles. The average Bonchev–Trinajstić information content (AvgIpc) is 3.87. The van der Waals surface area contributed by atoms with Gasteiger partial charge < -0.3 is 29.2 Å². The minimum atomic E-state index is -4.64. The lowest BCUT2D eigenvalue weighted by atomic mass is 9.84. The Balaban J connectivity index is 0.00000420. The SMILES string of the molecule is CO[C@@H](C)c1ncccc1-c1c2c3cc(ccc3n1CC(F)(F)F)-c1nc(nn1C)C[C@H](NC(=O)[C@H](C(C)C)N(C)C(=O)C1(F)CCN(C(=O)C#CC(C)(C)N(C)C)CC1)C(=O)N1CCC[C@H](N1)C(=O)OCC(C)(C)C2.S.S.S.S. The summed E-state index contributed by atoms with van der Waals surface area (Å²) in [6.07, 6.45) is -3.77. The molecule has 4 atom stereocenters. The molecule has 0 saturated carbocycles. The second kappa shape index (κ2) is 27.4. The van der Waals surface area contributed by atoms with E-state index in [0.717, 1.165) is 4.90 Å². The number of hydrogen-bond acceptors (Lipinski definition) is 12. The van der Waals surface area contributed by atoms with Crippen molar-refractivity contribution in [3.8, 4) is 34.5 Å². The maximum absolute atomic E-state index is 16.8. The minimum absolute atomic E-state index is 0. The van der Waals surface area contributed by atoms with Crippen LogP contribution in [-0.2, 0) is 59.9 Å². The Labute approximate surface area is 493 Å². The summed E-state index contributed by atoms with van der Waals surface area (Å²) in [5.41, 5.74) is 1.60. The molecule has 4 amide bonds. The van der Waals surface area contributed by atoms with Crippen LogP contribution in [0.1, 0.15) is 97.3 Å². The van der Waals surface area contributed by atoms with E-state index in [0.29, 0.717) is 46.4 Å². The molecule has 0 spiro atoms. The second-order valence-corrected chi connectivity index (χ2v) is 22.1. The summed E-state index contributed by atoms with van der Waals surface area (Å²) in [5.74, 6) is 1.93. The summed E-state index contributed by atoms with van der Waals surface area (Å²) in [6, 6.07) is 4.72. The highest BCUT2D eigenvalue weighted by Gasteiger charge is 2.48. The summed E-state index contributed by atoms with van der Waals surface area (Å²) < 4.78 is 75.3. The molecule has 26 heteroatoms. The number of benzene rings is 1. The number of methoxy groups -OCH3 is 1. The third-order valence-electron chi connectivity index (χ3n) is 14.9. The fourth-order valence-electron chi connectivity index (χ4n) is 10.1. The number of piperidine rings is 1. The van der Waals surface area contributed by atoms with E-state index in [9.17, 15) is 37.1 Å². The molecule has 80 heavy (non-hydrogen) atoms. The Morgan fingerprint density at radius 2 is 1.68 bits per heavy atom. The maximum Gasteiger partial charge on any atom is 0.406 e. The van der Waals surface area contributed by atoms with Crippen molar-refractivity contribution in [2.45, 2.75) is 135 Å². The number of carbonyl (C=O) groups excluding carboxylic acids is 5. The van der Waals surface area contributed by atoms with Gasteiger partial charge in [0.25, 0.3) is 17.7 Å². The van der Waals surface area contributed by atoms with E-state index in [4.69, 9.17) is 14.5 Å². The van der Waals surface area contributed by atoms with E-state index in [1.54, 1.807) is 64.3 Å². The van der Waals surface area contributed by atoms with Gasteiger partial charge in [-0.2, -0.15) is 72.3 Å². The van der Waals surface area contributed by atoms with Crippen LogP contribution in [0.15, 0.2) is 36.5 Å². The van der Waals surface area contributed by atoms with Gasteiger partial charge in [0.1, 0.15) is 24.7 Å². The van der Waals surface area contributed by atoms with E-state index in [2.05, 4.69) is 32.7 Å². The normalized spacial score (nSPS) is 19.1. The van der Waals surface area contributed by atoms with Crippen LogP contribution in [0.5, 0.6) is 0 Å². The molecule has 4 aromatic rings. The van der Waals surface area contributed by atoms with Crippen LogP contribution in [-0.4, -0.2) is 164 Å². The number of rotatable bonds is 10. The van der Waals surface area contributed by atoms with E-state index >= 15 is 4.39 Å². The summed E-state index contributed by atoms with van der Waals surface area (Å²) >= 11 is 0. The van der Waals surface area contributed by atoms with Gasteiger partial charge in [-0.25, -0.2) is 19.5 Å². The monoisotopic (exact) mass is 1200 g/mol. The van der Waals surface area contributed by atoms with E-state index in [-0.39, 0.29) is 123 Å². The largest absolute Gasteiger partial charge is 0.464 e. The number of hydrazine groups is 1. The van der Waals surface area contributed by atoms with Crippen molar-refractivity contribution < 1.29 is 51.0 Å². The lowest BCUT2D eigenvalue weighted by Crippen LogP contribution is -2.63. The van der Waals surface area contributed by atoms with Crippen molar-refractivity contribution in [2.75, 3.05) is 54.5 Å². The number of fused-ring (bicyclic) bond motifs is 6. The first-order valence-corrected chi connectivity index (χ1v) is 25.6. The van der Waals surface area contributed by atoms with Crippen molar-refractivity contribution in [2.24, 2.45) is 18.4 Å². The third-order valence-corrected chi connectivity index (χ3v) is 14.9. The molecule has 1 aromatic carbocycles. The molecule has 18 nitrogen and oxygen atoms in total. The Morgan fingerprint density at radius 3 is 2.29 bits per heavy atom. The highest BCUT2D eigenvalue weighted by Crippen LogP contribution is 2.43. The Bertz CT molecular complexity index is 2930. The van der Waals surface area contributed by atoms with E-state index in [1.807, 2.05) is 46.7 Å². The van der Waals surface area contributed by atoms with Crippen molar-refractivity contribution in [1.82, 2.24) is 54.8 Å². The molecule has 444 valence electrons. The molecule has 3 aliphatic rings. The molecule has 7 rings (SSSR count). The van der Waals surface area contributed by atoms with Gasteiger partial charge in [0.05, 0.1) is 29.6 Å². The number of hydrogen-bond donors (Lipinski definition) is 2. The van der Waals surface area contributed by atoms with Gasteiger partial charge in [0.2, 0.25) is 5.91 Å². The Morgan fingerprint density at radius 1 is 1.01 bits per heavy atom. The molecule has 3 aliphatic heterocycles. The number of alkyl halides is 4. The Kier molecular flexibility index (Phi) is 23.7. The molecule has 0 aliphatic carbocycles. The van der Waals surface area contributed by atoms with Gasteiger partial charge in [0, 0.05) is 93.7 Å². The van der Waals surface area contributed by atoms with Crippen LogP contribution < -0.4 is 10.7 Å². The van der Waals surface area contributed by atoms with Crippen LogP contribution in [0.2, 0.25) is 0 Å². The topological polar surface area (TPSA) is 189 Å². The first-order chi connectivity index (χ1) is 35.5. The van der Waals surface area contributed by atoms with Crippen LogP contribution in [0.4, 0.5) is 17.6 Å². The number of nitrogens with zero attached hydrogens (tertiary/aromatic N) is 9. The standard InChI is InChI=1S/C54H71F4N11O7.4H2S/c1-32(2)44(65(10)50(74)53(55)21-25-67(26-22-53)42(70)19-20-52(6,7)64(8)9)47(71)60-39-28-41-61-46(66(11)63-41)34-17-18-40-36(27-34)37(29-51(4,5)31-76-49(73)38-16-14-24-69(62-38)48(39)72)45(68(40)30-54(56,57)58)35-15-13-23-59-43(35)33(3)75-12;;;;/h13,15,17-18,23,27,32-33,38-39,44,62H,14,16,21-22,24-26,28-31H2,1-12H3,(H,60,71);4*1H2/t33-,38-,39-,44-;;;;/m0..../s1. The number of likely N-dealkylation sites (tertiary alicyclic amines) is 1. The molecule has 2 N–H and O–H groups in total. The van der Waals surface area contributed by atoms with Crippen molar-refractivity contribution in [3.63, 3.8) is 0 Å². The predicted molar refractivity (Wildman–Crippen MR) is 317 cm³/mol. The van der Waals surface area contributed by atoms with Gasteiger partial charge in [-0.1, -0.05) is 33.6 Å². The summed E-state index contributed by atoms with van der Waals surface area (Å²) in [6.45, 7) is 11.1. The number of pyridine rings is 1. The van der Waals surface area contributed by atoms with Crippen molar-refractivity contribution in [3.05, 3.63) is 53.6 Å². The molecule has 0 radical (unpaired) electrons. The lowest BCUT2D eigenvalue weighted by molar-refractivity contribution is -0.156. The quantitative estimate of drug-likeness (QED) is 0.107. The highest BCUT2D eigenvalue weighted by molar-refractivity contribution is 7.59. The maximum atomic E-state index is 16.8. The number of nitrogens with one attached hydrogen (secondary N) is 2. The minimum Gasteiger partial charge on any atom is -0.464 e. The van der Waals surface area contributed by atoms with E-state index in [1.165, 1.54) is 33.3 Å². The van der Waals surface area contributed by atoms with Crippen molar-refractivity contribution in [1.29, 1.82) is 0 Å². The molecular weight excluding hydrogens is 1120 g/mol. The van der Waals surface area contributed by atoms with Gasteiger partial charge >= 0.3 is 12.1 Å². The van der Waals surface area contributed by atoms with Gasteiger partial charge in [-0.3, -0.25) is 38.9 Å². The number of amides is 4. The molecule has 0 unspecified atom stereocenters. The number of esters is 1. The molecule has 6 heterocycles. The van der Waals surface area contributed by atoms with Gasteiger partial charge in [-0.15, -0.1) is 0 Å². The van der Waals surface area contributed by atoms with Crippen LogP contribution >= 0.6 is 54.0 Å². The molecule has 3 aromatic heterocycles. The Hall–Kier alpha value is -5.04. The first kappa shape index (κ1) is 69.2. The molecule has 2 fully saturated rings. The zero-order valence-corrected chi connectivity index (χ0v) is 51.5. The van der Waals surface area contributed by atoms with Crippen LogP contribution in [0.3, 0.4) is 0 Å². The third kappa shape index (κ3) is 15.3. The van der Waals surface area contributed by atoms with Crippen molar-refractivity contribution >= 4 is 94.5 Å². The van der Waals surface area contributed by atoms with Gasteiger partial charge in [-0.05, 0) is 102 Å². The number of aryl methyl sites for hydroxylation is 1.